The summed E-state index contributed by atoms with van der Waals surface area (Å²) in [7, 11) is 0. The van der Waals surface area contributed by atoms with Crippen molar-refractivity contribution in [2.24, 2.45) is 0 Å². The summed E-state index contributed by atoms with van der Waals surface area (Å²) in [5.74, 6) is 0.304. The lowest BCUT2D eigenvalue weighted by Gasteiger charge is -2.11. The molecular formula is C16H13ClO4. The lowest BCUT2D eigenvalue weighted by Crippen LogP contribution is -2.00. The molecule has 3 rings (SSSR count). The standard InChI is InChI=1S/C16H13ClO4/c17-11-3-4-12(13(9-11)16(18)19)10-2-5-14-15(8-10)21-7-1-6-20-14/h2-5,8-9H,1,6-7H2,(H,18,19). The zero-order valence-electron chi connectivity index (χ0n) is 11.1. The van der Waals surface area contributed by atoms with Crippen LogP contribution < -0.4 is 9.47 Å². The van der Waals surface area contributed by atoms with Crippen LogP contribution in [0.15, 0.2) is 36.4 Å². The van der Waals surface area contributed by atoms with Crippen LogP contribution in [-0.2, 0) is 0 Å². The van der Waals surface area contributed by atoms with Crippen LogP contribution in [-0.4, -0.2) is 24.3 Å². The summed E-state index contributed by atoms with van der Waals surface area (Å²) in [6, 6.07) is 10.2. The van der Waals surface area contributed by atoms with Crippen LogP contribution >= 0.6 is 11.6 Å². The minimum absolute atomic E-state index is 0.164. The lowest BCUT2D eigenvalue weighted by molar-refractivity contribution is 0.0697. The predicted octanol–water partition coefficient (Wildman–Crippen LogP) is 3.87. The molecule has 0 aromatic heterocycles. The van der Waals surface area contributed by atoms with E-state index < -0.39 is 5.97 Å². The van der Waals surface area contributed by atoms with E-state index in [4.69, 9.17) is 21.1 Å². The molecule has 1 aliphatic heterocycles. The summed E-state index contributed by atoms with van der Waals surface area (Å²) in [5.41, 5.74) is 1.52. The average Bonchev–Trinajstić information content (AvgIpc) is 2.71. The van der Waals surface area contributed by atoms with Crippen molar-refractivity contribution in [3.8, 4) is 22.6 Å². The lowest BCUT2D eigenvalue weighted by atomic mass is 9.99. The molecule has 0 amide bonds. The van der Waals surface area contributed by atoms with Crippen molar-refractivity contribution in [3.05, 3.63) is 47.0 Å². The minimum Gasteiger partial charge on any atom is -0.490 e. The van der Waals surface area contributed by atoms with Gasteiger partial charge in [0.05, 0.1) is 18.8 Å². The summed E-state index contributed by atoms with van der Waals surface area (Å²) < 4.78 is 11.2. The van der Waals surface area contributed by atoms with Crippen LogP contribution in [0, 0.1) is 0 Å². The van der Waals surface area contributed by atoms with Gasteiger partial charge < -0.3 is 14.6 Å². The van der Waals surface area contributed by atoms with Gasteiger partial charge in [0.1, 0.15) is 0 Å². The molecule has 2 aromatic carbocycles. The Kier molecular flexibility index (Phi) is 3.71. The molecule has 0 unspecified atom stereocenters. The van der Waals surface area contributed by atoms with Gasteiger partial charge in [0.2, 0.25) is 0 Å². The van der Waals surface area contributed by atoms with Gasteiger partial charge in [0.15, 0.2) is 11.5 Å². The van der Waals surface area contributed by atoms with Crippen LogP contribution in [0.4, 0.5) is 0 Å². The molecule has 1 N–H and O–H groups in total. The van der Waals surface area contributed by atoms with Crippen molar-refractivity contribution in [2.75, 3.05) is 13.2 Å². The molecule has 0 saturated carbocycles. The van der Waals surface area contributed by atoms with Crippen LogP contribution in [0.25, 0.3) is 11.1 Å². The molecule has 1 heterocycles. The molecule has 0 aliphatic carbocycles. The number of carboxylic acid groups (broad SMARTS) is 1. The Labute approximate surface area is 126 Å². The molecule has 2 aromatic rings. The molecule has 108 valence electrons. The van der Waals surface area contributed by atoms with Gasteiger partial charge in [-0.1, -0.05) is 23.7 Å². The van der Waals surface area contributed by atoms with Gasteiger partial charge in [0.25, 0.3) is 0 Å². The molecule has 5 heteroatoms. The highest BCUT2D eigenvalue weighted by atomic mass is 35.5. The third-order valence-electron chi connectivity index (χ3n) is 3.27. The number of carboxylic acids is 1. The van der Waals surface area contributed by atoms with Crippen molar-refractivity contribution in [3.63, 3.8) is 0 Å². The third kappa shape index (κ3) is 2.81. The van der Waals surface area contributed by atoms with Crippen LogP contribution in [0.3, 0.4) is 0 Å². The molecule has 0 radical (unpaired) electrons. The predicted molar refractivity (Wildman–Crippen MR) is 79.5 cm³/mol. The van der Waals surface area contributed by atoms with E-state index in [9.17, 15) is 9.90 Å². The number of benzene rings is 2. The second-order valence-electron chi connectivity index (χ2n) is 4.71. The number of halogens is 1. The van der Waals surface area contributed by atoms with E-state index in [-0.39, 0.29) is 5.56 Å². The molecular weight excluding hydrogens is 292 g/mol. The maximum atomic E-state index is 11.4. The van der Waals surface area contributed by atoms with Gasteiger partial charge >= 0.3 is 5.97 Å². The Balaban J connectivity index is 2.09. The fourth-order valence-corrected chi connectivity index (χ4v) is 2.45. The van der Waals surface area contributed by atoms with E-state index >= 15 is 0 Å². The first-order valence-corrected chi connectivity index (χ1v) is 6.96. The van der Waals surface area contributed by atoms with Gasteiger partial charge in [-0.25, -0.2) is 4.79 Å². The number of hydrogen-bond acceptors (Lipinski definition) is 3. The zero-order valence-corrected chi connectivity index (χ0v) is 11.9. The monoisotopic (exact) mass is 304 g/mol. The van der Waals surface area contributed by atoms with E-state index in [2.05, 4.69) is 0 Å². The normalized spacial score (nSPS) is 13.6. The zero-order chi connectivity index (χ0) is 14.8. The quantitative estimate of drug-likeness (QED) is 0.915. The van der Waals surface area contributed by atoms with E-state index in [1.807, 2.05) is 6.07 Å². The fourth-order valence-electron chi connectivity index (χ4n) is 2.28. The molecule has 1 aliphatic rings. The summed E-state index contributed by atoms with van der Waals surface area (Å²) in [6.45, 7) is 1.20. The Morgan fingerprint density at radius 1 is 1.05 bits per heavy atom. The first kappa shape index (κ1) is 13.8. The van der Waals surface area contributed by atoms with Crippen LogP contribution in [0.5, 0.6) is 11.5 Å². The molecule has 0 bridgehead atoms. The number of fused-ring (bicyclic) bond motifs is 1. The molecule has 0 spiro atoms. The summed E-state index contributed by atoms with van der Waals surface area (Å²) in [4.78, 5) is 11.4. The topological polar surface area (TPSA) is 55.8 Å². The average molecular weight is 305 g/mol. The Hall–Kier alpha value is -2.20. The van der Waals surface area contributed by atoms with E-state index in [1.165, 1.54) is 6.07 Å². The number of aromatic carboxylic acids is 1. The molecule has 0 fully saturated rings. The van der Waals surface area contributed by atoms with E-state index in [1.54, 1.807) is 24.3 Å². The van der Waals surface area contributed by atoms with Gasteiger partial charge in [-0.05, 0) is 35.4 Å². The van der Waals surface area contributed by atoms with Crippen molar-refractivity contribution < 1.29 is 19.4 Å². The first-order valence-electron chi connectivity index (χ1n) is 6.58. The summed E-state index contributed by atoms with van der Waals surface area (Å²) >= 11 is 5.88. The molecule has 0 saturated heterocycles. The van der Waals surface area contributed by atoms with Gasteiger partial charge in [0, 0.05) is 11.4 Å². The molecule has 4 nitrogen and oxygen atoms in total. The maximum absolute atomic E-state index is 11.4. The highest BCUT2D eigenvalue weighted by Crippen LogP contribution is 2.35. The Bertz CT molecular complexity index is 697. The largest absolute Gasteiger partial charge is 0.490 e. The fraction of sp³-hybridized carbons (Fsp3) is 0.188. The number of hydrogen-bond donors (Lipinski definition) is 1. The minimum atomic E-state index is -1.01. The molecule has 21 heavy (non-hydrogen) atoms. The molecule has 0 atom stereocenters. The van der Waals surface area contributed by atoms with Crippen molar-refractivity contribution >= 4 is 17.6 Å². The number of ether oxygens (including phenoxy) is 2. The number of rotatable bonds is 2. The summed E-state index contributed by atoms with van der Waals surface area (Å²) in [6.07, 6.45) is 0.825. The van der Waals surface area contributed by atoms with Gasteiger partial charge in [-0.3, -0.25) is 0 Å². The summed E-state index contributed by atoms with van der Waals surface area (Å²) in [5, 5.41) is 9.71. The van der Waals surface area contributed by atoms with Crippen LogP contribution in [0.1, 0.15) is 16.8 Å². The smallest absolute Gasteiger partial charge is 0.336 e. The highest BCUT2D eigenvalue weighted by molar-refractivity contribution is 6.31. The second-order valence-corrected chi connectivity index (χ2v) is 5.14. The maximum Gasteiger partial charge on any atom is 0.336 e. The highest BCUT2D eigenvalue weighted by Gasteiger charge is 2.16. The van der Waals surface area contributed by atoms with Crippen molar-refractivity contribution in [1.82, 2.24) is 0 Å². The third-order valence-corrected chi connectivity index (χ3v) is 3.51. The van der Waals surface area contributed by atoms with E-state index in [0.717, 1.165) is 12.0 Å². The Morgan fingerprint density at radius 2 is 1.81 bits per heavy atom. The van der Waals surface area contributed by atoms with Gasteiger partial charge in [-0.15, -0.1) is 0 Å². The van der Waals surface area contributed by atoms with Crippen molar-refractivity contribution in [2.45, 2.75) is 6.42 Å². The van der Waals surface area contributed by atoms with E-state index in [0.29, 0.717) is 35.3 Å². The SMILES string of the molecule is O=C(O)c1cc(Cl)ccc1-c1ccc2c(c1)OCCCO2. The van der Waals surface area contributed by atoms with Crippen LogP contribution in [0.2, 0.25) is 5.02 Å². The Morgan fingerprint density at radius 3 is 2.57 bits per heavy atom. The second kappa shape index (κ2) is 5.66. The van der Waals surface area contributed by atoms with Gasteiger partial charge in [-0.2, -0.15) is 0 Å². The van der Waals surface area contributed by atoms with Crippen molar-refractivity contribution in [1.29, 1.82) is 0 Å². The number of carbonyl (C=O) groups is 1. The first-order chi connectivity index (χ1) is 10.1.